The Morgan fingerprint density at radius 1 is 0.924 bits per heavy atom. The standard InChI is InChI=1S/C59H79N11O8S/c1-6-12-41(2)35-42(3)64-44(5)45-16-18-46(19-17-45)56-55-57(79-67-56)48(37-63-58(55)60)13-10-11-25-68(40-53(72)65-49-14-8-7-9-15-49)54(73)23-27-75-29-31-77-33-34-78-32-30-76-28-24-61-43(4)47-20-21-51(62-36-47)69-38-50(39-69)70-26-22-52(71)66-59(70)74/h6,10,12-13,16-19,35-37,49-50,61,64H,3-5,7-9,11,14-15,20-34,38-40H2,1-2H3,(H2,60,63)(H,65,72)(H,66,71,74)/b12-6-,13-10+,41-35-. The van der Waals surface area contributed by atoms with E-state index < -0.39 is 0 Å². The zero-order valence-electron chi connectivity index (χ0n) is 46.0. The Hall–Kier alpha value is -6.97. The van der Waals surface area contributed by atoms with E-state index in [0.29, 0.717) is 84.5 Å². The molecule has 5 amide bonds. The summed E-state index contributed by atoms with van der Waals surface area (Å²) < 4.78 is 28.5. The second-order valence-corrected chi connectivity index (χ2v) is 20.8. The fourth-order valence-corrected chi connectivity index (χ4v) is 10.6. The fraction of sp³-hybridized carbons (Fsp3) is 0.475. The number of hydrogen-bond donors (Lipinski definition) is 5. The smallest absolute Gasteiger partial charge is 0.324 e. The number of fused-ring (bicyclic) bond motifs is 1. The van der Waals surface area contributed by atoms with E-state index >= 15 is 0 Å². The third-order valence-corrected chi connectivity index (χ3v) is 14.9. The van der Waals surface area contributed by atoms with Gasteiger partial charge in [0, 0.05) is 92.2 Å². The van der Waals surface area contributed by atoms with Crippen LogP contribution in [0.4, 0.5) is 10.6 Å². The second-order valence-electron chi connectivity index (χ2n) is 20.0. The van der Waals surface area contributed by atoms with Crippen LogP contribution in [0, 0.1) is 0 Å². The van der Waals surface area contributed by atoms with Crippen LogP contribution in [0.15, 0.2) is 108 Å². The van der Waals surface area contributed by atoms with Crippen molar-refractivity contribution in [3.63, 3.8) is 0 Å². The molecule has 3 aromatic rings. The molecule has 19 nitrogen and oxygen atoms in total. The summed E-state index contributed by atoms with van der Waals surface area (Å²) in [6, 6.07) is 7.91. The largest absolute Gasteiger partial charge is 0.383 e. The van der Waals surface area contributed by atoms with Crippen LogP contribution in [0.1, 0.15) is 89.2 Å². The Morgan fingerprint density at radius 3 is 2.32 bits per heavy atom. The number of imide groups is 1. The summed E-state index contributed by atoms with van der Waals surface area (Å²) in [4.78, 5) is 65.1. The molecule has 6 N–H and O–H groups in total. The maximum absolute atomic E-state index is 13.6. The minimum absolute atomic E-state index is 0.0201. The van der Waals surface area contributed by atoms with Crippen LogP contribution in [-0.2, 0) is 33.3 Å². The number of aromatic nitrogens is 2. The molecule has 79 heavy (non-hydrogen) atoms. The molecule has 3 fully saturated rings. The molecular weight excluding hydrogens is 1020 g/mol. The number of carbonyl (C=O) groups excluding carboxylic acids is 4. The van der Waals surface area contributed by atoms with Gasteiger partial charge in [-0.2, -0.15) is 4.37 Å². The third-order valence-electron chi connectivity index (χ3n) is 14.0. The van der Waals surface area contributed by atoms with Gasteiger partial charge in [-0.15, -0.1) is 0 Å². The van der Waals surface area contributed by atoms with Gasteiger partial charge >= 0.3 is 6.03 Å². The number of nitrogens with two attached hydrogens (primary N) is 1. The third kappa shape index (κ3) is 18.3. The molecule has 1 aromatic carbocycles. The van der Waals surface area contributed by atoms with E-state index in [9.17, 15) is 19.2 Å². The molecule has 0 bridgehead atoms. The number of nitrogens with zero attached hydrogens (tertiary/aromatic N) is 6. The van der Waals surface area contributed by atoms with E-state index in [0.717, 1.165) is 118 Å². The number of nitrogens with one attached hydrogen (secondary N) is 4. The number of aliphatic imine (C=N–C) groups is 1. The molecule has 424 valence electrons. The zero-order valence-corrected chi connectivity index (χ0v) is 46.8. The number of pyridine rings is 1. The van der Waals surface area contributed by atoms with E-state index in [1.807, 2.05) is 74.7 Å². The van der Waals surface area contributed by atoms with Crippen molar-refractivity contribution >= 4 is 68.8 Å². The predicted octanol–water partition coefficient (Wildman–Crippen LogP) is 7.48. The van der Waals surface area contributed by atoms with Gasteiger partial charge in [0.15, 0.2) is 0 Å². The molecule has 2 saturated heterocycles. The molecule has 1 aliphatic carbocycles. The lowest BCUT2D eigenvalue weighted by Gasteiger charge is -2.47. The lowest BCUT2D eigenvalue weighted by Crippen LogP contribution is -2.65. The summed E-state index contributed by atoms with van der Waals surface area (Å²) in [7, 11) is 0. The SMILES string of the molecule is C=C(/C=C(C)\C=C/C)NC(=C)c1ccc(-c2nsc3c(/C=C/CCN(CC(=O)NC4CCCCC4)C(=O)CCOCCOCCOCCOCCNC(=C)C4=CN=C(N5CC(N6CCC(=O)NC6=O)C5)CC4)cnc(N)c23)cc1. The number of amides is 5. The first kappa shape index (κ1) is 59.7. The highest BCUT2D eigenvalue weighted by atomic mass is 32.1. The van der Waals surface area contributed by atoms with Gasteiger partial charge in [0.1, 0.15) is 11.7 Å². The number of hydrogen-bond acceptors (Lipinski definition) is 16. The lowest BCUT2D eigenvalue weighted by atomic mass is 9.95. The highest BCUT2D eigenvalue weighted by Gasteiger charge is 2.38. The van der Waals surface area contributed by atoms with Crippen molar-refractivity contribution in [1.82, 2.24) is 45.3 Å². The number of allylic oxidation sites excluding steroid dienone is 5. The van der Waals surface area contributed by atoms with Crippen LogP contribution < -0.4 is 27.0 Å². The molecule has 7 rings (SSSR count). The Kier molecular flexibility index (Phi) is 23.4. The van der Waals surface area contributed by atoms with Crippen molar-refractivity contribution < 1.29 is 38.1 Å². The number of anilines is 1. The van der Waals surface area contributed by atoms with Crippen molar-refractivity contribution in [3.8, 4) is 11.3 Å². The maximum Gasteiger partial charge on any atom is 0.324 e. The van der Waals surface area contributed by atoms with Gasteiger partial charge in [0.2, 0.25) is 17.7 Å². The second kappa shape index (κ2) is 31.0. The maximum atomic E-state index is 13.6. The van der Waals surface area contributed by atoms with Crippen LogP contribution in [0.3, 0.4) is 0 Å². The highest BCUT2D eigenvalue weighted by molar-refractivity contribution is 7.14. The minimum Gasteiger partial charge on any atom is -0.383 e. The average molecular weight is 1100 g/mol. The van der Waals surface area contributed by atoms with Crippen molar-refractivity contribution in [1.29, 1.82) is 0 Å². The van der Waals surface area contributed by atoms with Crippen LogP contribution in [-0.4, -0.2) is 158 Å². The number of benzene rings is 1. The molecule has 1 saturated carbocycles. The first-order valence-electron chi connectivity index (χ1n) is 27.6. The molecule has 4 aliphatic rings. The molecule has 2 aromatic heterocycles. The van der Waals surface area contributed by atoms with Crippen LogP contribution in [0.5, 0.6) is 0 Å². The number of rotatable bonds is 31. The molecule has 0 atom stereocenters. The summed E-state index contributed by atoms with van der Waals surface area (Å²) in [5.74, 6) is 0.880. The van der Waals surface area contributed by atoms with Crippen molar-refractivity contribution in [2.45, 2.75) is 90.1 Å². The monoisotopic (exact) mass is 1100 g/mol. The summed E-state index contributed by atoms with van der Waals surface area (Å²) in [6.07, 6.45) is 21.4. The number of carbonyl (C=O) groups is 4. The molecular formula is C59H79N11O8S. The van der Waals surface area contributed by atoms with E-state index in [-0.39, 0.29) is 55.4 Å². The number of likely N-dealkylation sites (tertiary alicyclic amines) is 1. The van der Waals surface area contributed by atoms with Gasteiger partial charge in [0.05, 0.1) is 87.6 Å². The van der Waals surface area contributed by atoms with Crippen LogP contribution >= 0.6 is 11.5 Å². The van der Waals surface area contributed by atoms with Crippen LogP contribution in [0.2, 0.25) is 0 Å². The molecule has 20 heteroatoms. The molecule has 0 spiro atoms. The number of urea groups is 1. The summed E-state index contributed by atoms with van der Waals surface area (Å²) in [5, 5.41) is 12.9. The van der Waals surface area contributed by atoms with E-state index in [1.165, 1.54) is 18.0 Å². The minimum atomic E-state index is -0.302. The number of ether oxygens (including phenoxy) is 4. The predicted molar refractivity (Wildman–Crippen MR) is 312 cm³/mol. The average Bonchev–Trinajstić information content (AvgIpc) is 4.13. The van der Waals surface area contributed by atoms with Gasteiger partial charge in [-0.05, 0) is 73.8 Å². The first-order chi connectivity index (χ1) is 38.4. The van der Waals surface area contributed by atoms with E-state index in [1.54, 1.807) is 16.0 Å². The van der Waals surface area contributed by atoms with Gasteiger partial charge in [-0.3, -0.25) is 19.7 Å². The Balaban J connectivity index is 0.761. The lowest BCUT2D eigenvalue weighted by molar-refractivity contribution is -0.137. The van der Waals surface area contributed by atoms with Crippen molar-refractivity contribution in [2.75, 3.05) is 97.9 Å². The van der Waals surface area contributed by atoms with E-state index in [4.69, 9.17) is 29.1 Å². The first-order valence-corrected chi connectivity index (χ1v) is 28.3. The Labute approximate surface area is 469 Å². The normalized spacial score (nSPS) is 16.5. The quantitative estimate of drug-likeness (QED) is 0.0311. The topological polar surface area (TPSA) is 227 Å². The molecule has 0 unspecified atom stereocenters. The fourth-order valence-electron chi connectivity index (χ4n) is 9.70. The van der Waals surface area contributed by atoms with Gasteiger partial charge in [0.25, 0.3) is 0 Å². The summed E-state index contributed by atoms with van der Waals surface area (Å²) in [6.45, 7) is 22.4. The number of nitrogen functional groups attached to an aromatic ring is 1. The molecule has 0 radical (unpaired) electrons. The Morgan fingerprint density at radius 2 is 1.63 bits per heavy atom. The highest BCUT2D eigenvalue weighted by Crippen LogP contribution is 2.37. The zero-order chi connectivity index (χ0) is 55.9. The number of amidine groups is 1. The van der Waals surface area contributed by atoms with Crippen molar-refractivity contribution in [3.05, 3.63) is 114 Å². The Bertz CT molecular complexity index is 2770. The van der Waals surface area contributed by atoms with Gasteiger partial charge in [-0.25, -0.2) is 14.8 Å². The van der Waals surface area contributed by atoms with Crippen molar-refractivity contribution in [2.24, 2.45) is 4.99 Å². The van der Waals surface area contributed by atoms with E-state index in [2.05, 4.69) is 55.9 Å². The summed E-state index contributed by atoms with van der Waals surface area (Å²) >= 11 is 1.36. The molecule has 5 heterocycles. The summed E-state index contributed by atoms with van der Waals surface area (Å²) in [5.41, 5.74) is 14.3. The van der Waals surface area contributed by atoms with Gasteiger partial charge in [-0.1, -0.05) is 87.6 Å². The molecule has 3 aliphatic heterocycles. The van der Waals surface area contributed by atoms with Gasteiger partial charge < -0.3 is 55.3 Å². The van der Waals surface area contributed by atoms with Crippen LogP contribution in [0.25, 0.3) is 33.1 Å².